The summed E-state index contributed by atoms with van der Waals surface area (Å²) in [7, 11) is 0. The molecule has 0 spiro atoms. The SMILES string of the molecule is C=CCC(NCC)c1cnn(CC)c1. The van der Waals surface area contributed by atoms with Crippen LogP contribution < -0.4 is 5.32 Å². The monoisotopic (exact) mass is 193 g/mol. The van der Waals surface area contributed by atoms with E-state index >= 15 is 0 Å². The summed E-state index contributed by atoms with van der Waals surface area (Å²) in [5.41, 5.74) is 1.24. The molecule has 78 valence electrons. The van der Waals surface area contributed by atoms with Crippen LogP contribution in [-0.2, 0) is 6.54 Å². The van der Waals surface area contributed by atoms with Crippen molar-refractivity contribution in [1.82, 2.24) is 15.1 Å². The lowest BCUT2D eigenvalue weighted by atomic mass is 10.1. The van der Waals surface area contributed by atoms with Crippen LogP contribution in [0.1, 0.15) is 31.9 Å². The van der Waals surface area contributed by atoms with Gasteiger partial charge in [-0.05, 0) is 19.9 Å². The molecule has 0 radical (unpaired) electrons. The van der Waals surface area contributed by atoms with E-state index < -0.39 is 0 Å². The predicted molar refractivity (Wildman–Crippen MR) is 59.1 cm³/mol. The number of aromatic nitrogens is 2. The summed E-state index contributed by atoms with van der Waals surface area (Å²) in [6.07, 6.45) is 6.91. The molecule has 0 aliphatic heterocycles. The molecule has 1 aromatic rings. The lowest BCUT2D eigenvalue weighted by Gasteiger charge is -2.13. The summed E-state index contributed by atoms with van der Waals surface area (Å²) in [4.78, 5) is 0. The van der Waals surface area contributed by atoms with Crippen molar-refractivity contribution in [2.75, 3.05) is 6.54 Å². The van der Waals surface area contributed by atoms with E-state index in [9.17, 15) is 0 Å². The summed E-state index contributed by atoms with van der Waals surface area (Å²) < 4.78 is 1.95. The second-order valence-corrected chi connectivity index (χ2v) is 3.26. The van der Waals surface area contributed by atoms with E-state index in [4.69, 9.17) is 0 Å². The zero-order valence-corrected chi connectivity index (χ0v) is 9.03. The molecular formula is C11H19N3. The largest absolute Gasteiger partial charge is 0.310 e. The first kappa shape index (κ1) is 11.0. The van der Waals surface area contributed by atoms with Crippen LogP contribution in [0.3, 0.4) is 0 Å². The number of aryl methyl sites for hydroxylation is 1. The molecule has 0 fully saturated rings. The maximum absolute atomic E-state index is 4.26. The second kappa shape index (κ2) is 5.60. The fourth-order valence-electron chi connectivity index (χ4n) is 1.48. The number of hydrogen-bond donors (Lipinski definition) is 1. The fourth-order valence-corrected chi connectivity index (χ4v) is 1.48. The normalized spacial score (nSPS) is 12.7. The van der Waals surface area contributed by atoms with Gasteiger partial charge in [-0.2, -0.15) is 5.10 Å². The van der Waals surface area contributed by atoms with Crippen LogP contribution in [0.15, 0.2) is 25.0 Å². The lowest BCUT2D eigenvalue weighted by molar-refractivity contribution is 0.557. The van der Waals surface area contributed by atoms with Crippen LogP contribution in [0, 0.1) is 0 Å². The Kier molecular flexibility index (Phi) is 4.40. The first-order valence-electron chi connectivity index (χ1n) is 5.18. The zero-order valence-electron chi connectivity index (χ0n) is 9.03. The van der Waals surface area contributed by atoms with Crippen LogP contribution in [0.4, 0.5) is 0 Å². The average molecular weight is 193 g/mol. The molecule has 1 N–H and O–H groups in total. The molecule has 0 saturated heterocycles. The Morgan fingerprint density at radius 3 is 2.93 bits per heavy atom. The van der Waals surface area contributed by atoms with E-state index in [1.165, 1.54) is 5.56 Å². The molecule has 1 aromatic heterocycles. The van der Waals surface area contributed by atoms with Crippen molar-refractivity contribution in [3.05, 3.63) is 30.6 Å². The Hall–Kier alpha value is -1.09. The molecule has 3 heteroatoms. The van der Waals surface area contributed by atoms with Crippen molar-refractivity contribution in [3.8, 4) is 0 Å². The van der Waals surface area contributed by atoms with E-state index in [-0.39, 0.29) is 0 Å². The Bertz CT molecular complexity index is 278. The third-order valence-electron chi connectivity index (χ3n) is 2.23. The van der Waals surface area contributed by atoms with Crippen LogP contribution in [-0.4, -0.2) is 16.3 Å². The van der Waals surface area contributed by atoms with Gasteiger partial charge in [0.2, 0.25) is 0 Å². The molecule has 0 aromatic carbocycles. The Labute approximate surface area is 85.8 Å². The first-order chi connectivity index (χ1) is 6.81. The Balaban J connectivity index is 2.70. The van der Waals surface area contributed by atoms with Crippen LogP contribution in [0.25, 0.3) is 0 Å². The van der Waals surface area contributed by atoms with Gasteiger partial charge in [0, 0.05) is 24.3 Å². The summed E-state index contributed by atoms with van der Waals surface area (Å²) in [6, 6.07) is 0.359. The number of nitrogens with zero attached hydrogens (tertiary/aromatic N) is 2. The molecule has 1 atom stereocenters. The second-order valence-electron chi connectivity index (χ2n) is 3.26. The van der Waals surface area contributed by atoms with Gasteiger partial charge in [0.1, 0.15) is 0 Å². The number of rotatable bonds is 6. The maximum Gasteiger partial charge on any atom is 0.0537 e. The minimum absolute atomic E-state index is 0.359. The summed E-state index contributed by atoms with van der Waals surface area (Å²) in [5.74, 6) is 0. The molecule has 1 heterocycles. The highest BCUT2D eigenvalue weighted by Gasteiger charge is 2.09. The van der Waals surface area contributed by atoms with Crippen molar-refractivity contribution in [3.63, 3.8) is 0 Å². The van der Waals surface area contributed by atoms with Gasteiger partial charge in [0.05, 0.1) is 6.20 Å². The minimum Gasteiger partial charge on any atom is -0.310 e. The molecule has 0 amide bonds. The number of hydrogen-bond acceptors (Lipinski definition) is 2. The highest BCUT2D eigenvalue weighted by atomic mass is 15.3. The standard InChI is InChI=1S/C11H19N3/c1-4-7-11(12-5-2)10-8-13-14(6-3)9-10/h4,8-9,11-12H,1,5-7H2,2-3H3. The quantitative estimate of drug-likeness (QED) is 0.701. The van der Waals surface area contributed by atoms with Gasteiger partial charge in [-0.25, -0.2) is 0 Å². The Morgan fingerprint density at radius 2 is 2.43 bits per heavy atom. The minimum atomic E-state index is 0.359. The van der Waals surface area contributed by atoms with Crippen molar-refractivity contribution in [2.45, 2.75) is 32.9 Å². The van der Waals surface area contributed by atoms with Crippen molar-refractivity contribution in [1.29, 1.82) is 0 Å². The van der Waals surface area contributed by atoms with Crippen molar-refractivity contribution >= 4 is 0 Å². The highest BCUT2D eigenvalue weighted by Crippen LogP contribution is 2.15. The van der Waals surface area contributed by atoms with Gasteiger partial charge in [0.15, 0.2) is 0 Å². The third-order valence-corrected chi connectivity index (χ3v) is 2.23. The van der Waals surface area contributed by atoms with E-state index in [0.717, 1.165) is 19.5 Å². The first-order valence-corrected chi connectivity index (χ1v) is 5.18. The molecule has 14 heavy (non-hydrogen) atoms. The Morgan fingerprint density at radius 1 is 1.64 bits per heavy atom. The van der Waals surface area contributed by atoms with Crippen LogP contribution in [0.5, 0.6) is 0 Å². The third kappa shape index (κ3) is 2.70. The molecular weight excluding hydrogens is 174 g/mol. The summed E-state index contributed by atoms with van der Waals surface area (Å²) in [6.45, 7) is 9.86. The van der Waals surface area contributed by atoms with Gasteiger partial charge in [-0.3, -0.25) is 4.68 Å². The molecule has 0 aliphatic carbocycles. The highest BCUT2D eigenvalue weighted by molar-refractivity contribution is 5.11. The predicted octanol–water partition coefficient (Wildman–Crippen LogP) is 2.13. The molecule has 0 bridgehead atoms. The van der Waals surface area contributed by atoms with Gasteiger partial charge in [-0.1, -0.05) is 13.0 Å². The molecule has 1 rings (SSSR count). The van der Waals surface area contributed by atoms with Crippen molar-refractivity contribution in [2.24, 2.45) is 0 Å². The number of nitrogens with one attached hydrogen (secondary N) is 1. The zero-order chi connectivity index (χ0) is 10.4. The molecule has 0 saturated carbocycles. The maximum atomic E-state index is 4.26. The van der Waals surface area contributed by atoms with E-state index in [2.05, 4.69) is 37.0 Å². The summed E-state index contributed by atoms with van der Waals surface area (Å²) >= 11 is 0. The van der Waals surface area contributed by atoms with Gasteiger partial charge in [-0.15, -0.1) is 6.58 Å². The van der Waals surface area contributed by atoms with E-state index in [0.29, 0.717) is 6.04 Å². The topological polar surface area (TPSA) is 29.9 Å². The molecule has 3 nitrogen and oxygen atoms in total. The van der Waals surface area contributed by atoms with Gasteiger partial charge in [0.25, 0.3) is 0 Å². The average Bonchev–Trinajstić information content (AvgIpc) is 2.65. The van der Waals surface area contributed by atoms with Gasteiger partial charge < -0.3 is 5.32 Å². The molecule has 0 aliphatic rings. The summed E-state index contributed by atoms with van der Waals surface area (Å²) in [5, 5.41) is 7.68. The fraction of sp³-hybridized carbons (Fsp3) is 0.545. The smallest absolute Gasteiger partial charge is 0.0537 e. The van der Waals surface area contributed by atoms with E-state index in [1.807, 2.05) is 17.0 Å². The lowest BCUT2D eigenvalue weighted by Crippen LogP contribution is -2.19. The van der Waals surface area contributed by atoms with Crippen molar-refractivity contribution < 1.29 is 0 Å². The van der Waals surface area contributed by atoms with Gasteiger partial charge >= 0.3 is 0 Å². The molecule has 1 unspecified atom stereocenters. The van der Waals surface area contributed by atoms with Crippen LogP contribution in [0.2, 0.25) is 0 Å². The van der Waals surface area contributed by atoms with Crippen LogP contribution >= 0.6 is 0 Å². The van der Waals surface area contributed by atoms with E-state index in [1.54, 1.807) is 0 Å².